The molecule has 0 aliphatic rings. The van der Waals surface area contributed by atoms with Crippen LogP contribution >= 0.6 is 11.6 Å². The average molecular weight is 295 g/mol. The van der Waals surface area contributed by atoms with E-state index < -0.39 is 6.09 Å². The maximum atomic E-state index is 11.6. The lowest BCUT2D eigenvalue weighted by Crippen LogP contribution is -2.41. The summed E-state index contributed by atoms with van der Waals surface area (Å²) in [6.07, 6.45) is 1.75. The van der Waals surface area contributed by atoms with Crippen molar-refractivity contribution in [2.75, 3.05) is 13.7 Å². The van der Waals surface area contributed by atoms with Gasteiger partial charge in [-0.3, -0.25) is 4.99 Å². The minimum absolute atomic E-state index is 0.182. The normalized spacial score (nSPS) is 12.7. The van der Waals surface area contributed by atoms with Gasteiger partial charge in [0.05, 0.1) is 11.8 Å². The summed E-state index contributed by atoms with van der Waals surface area (Å²) < 4.78 is 4.93. The number of carbonyl (C=O) groups excluding carboxylic acids is 1. The molecule has 0 aliphatic heterocycles. The average Bonchev–Trinajstić information content (AvgIpc) is 2.46. The fourth-order valence-corrected chi connectivity index (χ4v) is 1.92. The van der Waals surface area contributed by atoms with Gasteiger partial charge in [-0.1, -0.05) is 43.3 Å². The number of amides is 1. The second kappa shape index (κ2) is 8.38. The predicted octanol–water partition coefficient (Wildman–Crippen LogP) is 3.45. The smallest absolute Gasteiger partial charge is 0.407 e. The lowest BCUT2D eigenvalue weighted by atomic mass is 10.0. The second-order valence-corrected chi connectivity index (χ2v) is 4.54. The summed E-state index contributed by atoms with van der Waals surface area (Å²) >= 11 is 5.88. The van der Waals surface area contributed by atoms with Crippen molar-refractivity contribution in [3.8, 4) is 0 Å². The van der Waals surface area contributed by atoms with Crippen LogP contribution in [0, 0.1) is 0 Å². The van der Waals surface area contributed by atoms with Crippen LogP contribution in [0.15, 0.2) is 41.9 Å². The van der Waals surface area contributed by atoms with Crippen molar-refractivity contribution in [1.29, 1.82) is 0 Å². The number of halogens is 1. The van der Waals surface area contributed by atoms with Crippen molar-refractivity contribution in [3.05, 3.63) is 47.5 Å². The van der Waals surface area contributed by atoms with Gasteiger partial charge in [0.2, 0.25) is 0 Å². The van der Waals surface area contributed by atoms with Gasteiger partial charge in [-0.2, -0.15) is 0 Å². The number of alkyl carbamates (subject to hydrolysis) is 1. The first-order valence-electron chi connectivity index (χ1n) is 6.39. The van der Waals surface area contributed by atoms with E-state index >= 15 is 0 Å². The number of ether oxygens (including phenoxy) is 1. The summed E-state index contributed by atoms with van der Waals surface area (Å²) in [4.78, 5) is 15.9. The molecule has 1 amide bonds. The van der Waals surface area contributed by atoms with Crippen molar-refractivity contribution in [3.63, 3.8) is 0 Å². The molecule has 20 heavy (non-hydrogen) atoms. The molecule has 0 aromatic heterocycles. The monoisotopic (exact) mass is 294 g/mol. The van der Waals surface area contributed by atoms with E-state index in [0.717, 1.165) is 11.3 Å². The number of rotatable bonds is 6. The molecule has 108 valence electrons. The lowest BCUT2D eigenvalue weighted by molar-refractivity contribution is 0.156. The van der Waals surface area contributed by atoms with Gasteiger partial charge in [0.15, 0.2) is 0 Å². The molecule has 1 unspecified atom stereocenters. The Morgan fingerprint density at radius 1 is 1.50 bits per heavy atom. The van der Waals surface area contributed by atoms with Crippen LogP contribution in [-0.2, 0) is 4.74 Å². The second-order valence-electron chi connectivity index (χ2n) is 4.11. The highest BCUT2D eigenvalue weighted by molar-refractivity contribution is 6.30. The first-order valence-corrected chi connectivity index (χ1v) is 6.77. The number of nitrogens with one attached hydrogen (secondary N) is 1. The van der Waals surface area contributed by atoms with Gasteiger partial charge < -0.3 is 10.1 Å². The van der Waals surface area contributed by atoms with Crippen LogP contribution in [0.2, 0.25) is 5.02 Å². The Bertz CT molecular complexity index is 483. The molecule has 0 bridgehead atoms. The summed E-state index contributed by atoms with van der Waals surface area (Å²) in [5.41, 5.74) is 1.72. The topological polar surface area (TPSA) is 50.7 Å². The highest BCUT2D eigenvalue weighted by Gasteiger charge is 2.18. The molecule has 0 fully saturated rings. The van der Waals surface area contributed by atoms with Crippen molar-refractivity contribution in [2.45, 2.75) is 19.4 Å². The van der Waals surface area contributed by atoms with Crippen molar-refractivity contribution in [2.24, 2.45) is 4.99 Å². The van der Waals surface area contributed by atoms with Gasteiger partial charge >= 0.3 is 6.09 Å². The van der Waals surface area contributed by atoms with Crippen LogP contribution in [0.4, 0.5) is 4.79 Å². The van der Waals surface area contributed by atoms with Crippen LogP contribution in [0.3, 0.4) is 0 Å². The van der Waals surface area contributed by atoms with Crippen molar-refractivity contribution < 1.29 is 9.53 Å². The standard InChI is InChI=1S/C15H19ClN2O2/c1-4-10-20-15(19)18-13(5-2)14(17-3)11-6-8-12(16)9-7-11/h4,6-9,13H,1,5,10H2,2-3H3,(H,18,19). The highest BCUT2D eigenvalue weighted by atomic mass is 35.5. The van der Waals surface area contributed by atoms with E-state index in [2.05, 4.69) is 16.9 Å². The Morgan fingerprint density at radius 3 is 2.65 bits per heavy atom. The molecule has 0 radical (unpaired) electrons. The highest BCUT2D eigenvalue weighted by Crippen LogP contribution is 2.13. The zero-order valence-electron chi connectivity index (χ0n) is 11.7. The number of carbonyl (C=O) groups is 1. The molecule has 1 aromatic carbocycles. The van der Waals surface area contributed by atoms with E-state index in [-0.39, 0.29) is 12.6 Å². The molecule has 1 rings (SSSR count). The summed E-state index contributed by atoms with van der Waals surface area (Å²) in [7, 11) is 1.70. The molecular formula is C15H19ClN2O2. The zero-order chi connectivity index (χ0) is 15.0. The van der Waals surface area contributed by atoms with Gasteiger partial charge in [0.1, 0.15) is 6.61 Å². The van der Waals surface area contributed by atoms with Gasteiger partial charge in [0.25, 0.3) is 0 Å². The molecule has 0 aliphatic carbocycles. The Morgan fingerprint density at radius 2 is 2.15 bits per heavy atom. The van der Waals surface area contributed by atoms with Gasteiger partial charge in [-0.05, 0) is 24.1 Å². The fourth-order valence-electron chi connectivity index (χ4n) is 1.79. The van der Waals surface area contributed by atoms with E-state index in [4.69, 9.17) is 16.3 Å². The molecular weight excluding hydrogens is 276 g/mol. The Kier molecular flexibility index (Phi) is 6.81. The Labute approximate surface area is 124 Å². The molecule has 4 nitrogen and oxygen atoms in total. The van der Waals surface area contributed by atoms with E-state index in [1.165, 1.54) is 6.08 Å². The van der Waals surface area contributed by atoms with Crippen LogP contribution < -0.4 is 5.32 Å². The molecule has 0 saturated carbocycles. The van der Waals surface area contributed by atoms with Gasteiger partial charge in [-0.15, -0.1) is 0 Å². The van der Waals surface area contributed by atoms with Crippen LogP contribution in [-0.4, -0.2) is 31.5 Å². The SMILES string of the molecule is C=CCOC(=O)NC(CC)C(=NC)c1ccc(Cl)cc1. The van der Waals surface area contributed by atoms with E-state index in [1.807, 2.05) is 19.1 Å². The van der Waals surface area contributed by atoms with E-state index in [9.17, 15) is 4.79 Å². The molecule has 1 N–H and O–H groups in total. The van der Waals surface area contributed by atoms with Crippen molar-refractivity contribution >= 4 is 23.4 Å². The lowest BCUT2D eigenvalue weighted by Gasteiger charge is -2.19. The van der Waals surface area contributed by atoms with Gasteiger partial charge in [0, 0.05) is 12.1 Å². The number of aliphatic imine (C=N–C) groups is 1. The number of hydrogen-bond donors (Lipinski definition) is 1. The minimum Gasteiger partial charge on any atom is -0.445 e. The maximum absolute atomic E-state index is 11.6. The minimum atomic E-state index is -0.480. The number of benzene rings is 1. The maximum Gasteiger partial charge on any atom is 0.407 e. The molecule has 0 spiro atoms. The quantitative estimate of drug-likeness (QED) is 0.645. The zero-order valence-corrected chi connectivity index (χ0v) is 12.5. The van der Waals surface area contributed by atoms with Gasteiger partial charge in [-0.25, -0.2) is 4.79 Å². The number of nitrogens with zero attached hydrogens (tertiary/aromatic N) is 1. The van der Waals surface area contributed by atoms with Crippen molar-refractivity contribution in [1.82, 2.24) is 5.32 Å². The molecule has 1 aromatic rings. The summed E-state index contributed by atoms with van der Waals surface area (Å²) in [5, 5.41) is 3.46. The number of hydrogen-bond acceptors (Lipinski definition) is 3. The van der Waals surface area contributed by atoms with E-state index in [0.29, 0.717) is 11.4 Å². The summed E-state index contributed by atoms with van der Waals surface area (Å²) in [5.74, 6) is 0. The Balaban J connectivity index is 2.82. The third-order valence-electron chi connectivity index (χ3n) is 2.74. The van der Waals surface area contributed by atoms with Crippen LogP contribution in [0.1, 0.15) is 18.9 Å². The largest absolute Gasteiger partial charge is 0.445 e. The third-order valence-corrected chi connectivity index (χ3v) is 3.00. The molecule has 5 heteroatoms. The molecule has 0 saturated heterocycles. The fraction of sp³-hybridized carbons (Fsp3) is 0.333. The van der Waals surface area contributed by atoms with Crippen LogP contribution in [0.5, 0.6) is 0 Å². The first-order chi connectivity index (χ1) is 9.62. The molecule has 1 atom stereocenters. The van der Waals surface area contributed by atoms with Crippen LogP contribution in [0.25, 0.3) is 0 Å². The first kappa shape index (κ1) is 16.2. The molecule has 0 heterocycles. The summed E-state index contributed by atoms with van der Waals surface area (Å²) in [6.45, 7) is 5.65. The summed E-state index contributed by atoms with van der Waals surface area (Å²) in [6, 6.07) is 7.14. The Hall–Kier alpha value is -1.81. The van der Waals surface area contributed by atoms with E-state index in [1.54, 1.807) is 19.2 Å². The predicted molar refractivity (Wildman–Crippen MR) is 82.7 cm³/mol. The third kappa shape index (κ3) is 4.70.